The molecular formula is C34H38Cl2F2N3O2+. The number of hydrogen-bond acceptors (Lipinski definition) is 3. The molecule has 43 heavy (non-hydrogen) atoms. The van der Waals surface area contributed by atoms with Gasteiger partial charge in [0.05, 0.1) is 45.5 Å². The monoisotopic (exact) mass is 628 g/mol. The Balaban J connectivity index is 1.65. The third kappa shape index (κ3) is 7.64. The van der Waals surface area contributed by atoms with Crippen LogP contribution in [0, 0.1) is 11.6 Å². The van der Waals surface area contributed by atoms with Gasteiger partial charge in [0.15, 0.2) is 5.78 Å². The van der Waals surface area contributed by atoms with Crippen molar-refractivity contribution >= 4 is 29.0 Å². The van der Waals surface area contributed by atoms with Crippen molar-refractivity contribution in [3.63, 3.8) is 0 Å². The molecular weight excluding hydrogens is 591 g/mol. The smallest absolute Gasteiger partial charge is 0.163 e. The summed E-state index contributed by atoms with van der Waals surface area (Å²) in [6, 6.07) is 14.6. The van der Waals surface area contributed by atoms with Crippen LogP contribution in [0.25, 0.3) is 5.69 Å². The van der Waals surface area contributed by atoms with Gasteiger partial charge in [0, 0.05) is 52.7 Å². The number of carbonyl (C=O) groups excluding carboxylic acids is 1. The highest BCUT2D eigenvalue weighted by atomic mass is 35.5. The number of carbonyl (C=O) groups is 1. The SMILES string of the molecule is COc1cc(C(C)(C)c2cnc(CCc3c(F)cc(C(=O)CCC[N+](C)(C)C)cc3Cl)n2-c2ccc(F)cc2)ccc1Cl. The van der Waals surface area contributed by atoms with Gasteiger partial charge in [-0.25, -0.2) is 13.8 Å². The first-order valence-corrected chi connectivity index (χ1v) is 15.0. The van der Waals surface area contributed by atoms with Crippen LogP contribution in [0.15, 0.2) is 60.8 Å². The van der Waals surface area contributed by atoms with Crippen LogP contribution in [-0.2, 0) is 18.3 Å². The topological polar surface area (TPSA) is 44.1 Å². The van der Waals surface area contributed by atoms with E-state index >= 15 is 4.39 Å². The average molecular weight is 630 g/mol. The molecule has 228 valence electrons. The van der Waals surface area contributed by atoms with Crippen molar-refractivity contribution in [1.29, 1.82) is 0 Å². The molecule has 0 bridgehead atoms. The molecule has 0 saturated carbocycles. The zero-order valence-corrected chi connectivity index (χ0v) is 27.0. The number of nitrogens with zero attached hydrogens (tertiary/aromatic N) is 3. The van der Waals surface area contributed by atoms with Crippen molar-refractivity contribution in [2.24, 2.45) is 0 Å². The molecule has 9 heteroatoms. The first kappa shape index (κ1) is 32.6. The van der Waals surface area contributed by atoms with Crippen molar-refractivity contribution in [1.82, 2.24) is 9.55 Å². The summed E-state index contributed by atoms with van der Waals surface area (Å²) in [4.78, 5) is 17.5. The molecule has 0 unspecified atom stereocenters. The van der Waals surface area contributed by atoms with E-state index in [1.54, 1.807) is 37.6 Å². The molecule has 5 nitrogen and oxygen atoms in total. The number of hydrogen-bond donors (Lipinski definition) is 0. The highest BCUT2D eigenvalue weighted by Gasteiger charge is 2.30. The summed E-state index contributed by atoms with van der Waals surface area (Å²) in [6.45, 7) is 4.96. The number of halogens is 4. The lowest BCUT2D eigenvalue weighted by molar-refractivity contribution is -0.870. The van der Waals surface area contributed by atoms with E-state index in [1.807, 2.05) is 16.7 Å². The Hall–Kier alpha value is -3.26. The van der Waals surface area contributed by atoms with Crippen LogP contribution in [-0.4, -0.2) is 54.6 Å². The quantitative estimate of drug-likeness (QED) is 0.117. The first-order chi connectivity index (χ1) is 20.2. The summed E-state index contributed by atoms with van der Waals surface area (Å²) in [5, 5.41) is 0.717. The number of ketones is 1. The maximum atomic E-state index is 15.3. The largest absolute Gasteiger partial charge is 0.495 e. The minimum atomic E-state index is -0.561. The normalized spacial score (nSPS) is 12.0. The second kappa shape index (κ2) is 13.2. The predicted molar refractivity (Wildman–Crippen MR) is 169 cm³/mol. The molecule has 0 fully saturated rings. The Bertz CT molecular complexity index is 1590. The highest BCUT2D eigenvalue weighted by Crippen LogP contribution is 2.38. The van der Waals surface area contributed by atoms with Gasteiger partial charge in [0.2, 0.25) is 0 Å². The molecule has 0 atom stereocenters. The third-order valence-corrected chi connectivity index (χ3v) is 8.38. The van der Waals surface area contributed by atoms with E-state index in [9.17, 15) is 9.18 Å². The lowest BCUT2D eigenvalue weighted by Crippen LogP contribution is -2.35. The second-order valence-electron chi connectivity index (χ2n) is 12.3. The van der Waals surface area contributed by atoms with Crippen molar-refractivity contribution in [2.75, 3.05) is 34.8 Å². The maximum Gasteiger partial charge on any atom is 0.163 e. The fourth-order valence-corrected chi connectivity index (χ4v) is 5.68. The van der Waals surface area contributed by atoms with Crippen LogP contribution >= 0.6 is 23.2 Å². The molecule has 0 aliphatic heterocycles. The van der Waals surface area contributed by atoms with E-state index in [-0.39, 0.29) is 28.6 Å². The van der Waals surface area contributed by atoms with E-state index in [0.717, 1.165) is 28.0 Å². The number of rotatable bonds is 12. The van der Waals surface area contributed by atoms with Crippen LogP contribution in [0.4, 0.5) is 8.78 Å². The molecule has 3 aromatic carbocycles. The molecule has 0 amide bonds. The molecule has 0 aliphatic carbocycles. The van der Waals surface area contributed by atoms with Crippen molar-refractivity contribution < 1.29 is 22.8 Å². The Morgan fingerprint density at radius 3 is 2.30 bits per heavy atom. The molecule has 1 heterocycles. The Morgan fingerprint density at radius 2 is 1.67 bits per heavy atom. The van der Waals surface area contributed by atoms with E-state index in [1.165, 1.54) is 18.2 Å². The first-order valence-electron chi connectivity index (χ1n) is 14.2. The van der Waals surface area contributed by atoms with Gasteiger partial charge < -0.3 is 9.22 Å². The van der Waals surface area contributed by atoms with E-state index in [0.29, 0.717) is 41.4 Å². The Kier molecular flexibility index (Phi) is 10.00. The van der Waals surface area contributed by atoms with Crippen LogP contribution in [0.5, 0.6) is 5.75 Å². The number of quaternary nitrogens is 1. The highest BCUT2D eigenvalue weighted by molar-refractivity contribution is 6.32. The van der Waals surface area contributed by atoms with Gasteiger partial charge in [-0.1, -0.05) is 43.1 Å². The Morgan fingerprint density at radius 1 is 0.977 bits per heavy atom. The fourth-order valence-electron chi connectivity index (χ4n) is 5.18. The number of imidazole rings is 1. The number of aromatic nitrogens is 2. The number of aryl methyl sites for hydroxylation is 1. The van der Waals surface area contributed by atoms with E-state index < -0.39 is 11.2 Å². The van der Waals surface area contributed by atoms with Gasteiger partial charge in [0.1, 0.15) is 23.2 Å². The van der Waals surface area contributed by atoms with Gasteiger partial charge in [-0.05, 0) is 60.5 Å². The van der Waals surface area contributed by atoms with Crippen molar-refractivity contribution in [3.05, 3.63) is 111 Å². The number of Topliss-reactive ketones (excluding diaryl/α,β-unsaturated/α-hetero) is 1. The zero-order chi connectivity index (χ0) is 31.5. The van der Waals surface area contributed by atoms with E-state index in [4.69, 9.17) is 32.9 Å². The number of methoxy groups -OCH3 is 1. The van der Waals surface area contributed by atoms with Crippen LogP contribution < -0.4 is 4.74 Å². The third-order valence-electron chi connectivity index (χ3n) is 7.73. The average Bonchev–Trinajstić information content (AvgIpc) is 3.37. The van der Waals surface area contributed by atoms with Gasteiger partial charge in [-0.3, -0.25) is 9.36 Å². The van der Waals surface area contributed by atoms with E-state index in [2.05, 4.69) is 35.0 Å². The summed E-state index contributed by atoms with van der Waals surface area (Å²) < 4.78 is 37.4. The molecule has 0 spiro atoms. The van der Waals surface area contributed by atoms with Crippen molar-refractivity contribution in [3.8, 4) is 11.4 Å². The number of benzene rings is 3. The molecule has 4 rings (SSSR count). The minimum Gasteiger partial charge on any atom is -0.495 e. The van der Waals surface area contributed by atoms with Crippen LogP contribution in [0.3, 0.4) is 0 Å². The maximum absolute atomic E-state index is 15.3. The van der Waals surface area contributed by atoms with Crippen LogP contribution in [0.1, 0.15) is 59.7 Å². The van der Waals surface area contributed by atoms with Crippen molar-refractivity contribution in [2.45, 2.75) is 44.9 Å². The summed E-state index contributed by atoms with van der Waals surface area (Å²) in [6.07, 6.45) is 3.43. The predicted octanol–water partition coefficient (Wildman–Crippen LogP) is 8.25. The standard InChI is InChI=1S/C34H38Cl2F2N3O2/c1-34(2,23-9-15-27(35)31(20-23)43-6)32-21-39-33(40(32)25-12-10-24(37)11-13-25)16-14-26-28(36)18-22(19-29(26)38)30(42)8-7-17-41(3,4)5/h9-13,15,18-21H,7-8,14,16-17H2,1-6H3/q+1. The fraction of sp³-hybridized carbons (Fsp3) is 0.353. The lowest BCUT2D eigenvalue weighted by atomic mass is 9.81. The van der Waals surface area contributed by atoms with Gasteiger partial charge in [0.25, 0.3) is 0 Å². The lowest BCUT2D eigenvalue weighted by Gasteiger charge is -2.28. The second-order valence-corrected chi connectivity index (χ2v) is 13.1. The van der Waals surface area contributed by atoms with Crippen LogP contribution in [0.2, 0.25) is 10.0 Å². The molecule has 4 aromatic rings. The molecule has 0 saturated heterocycles. The van der Waals surface area contributed by atoms with Gasteiger partial charge >= 0.3 is 0 Å². The molecule has 0 radical (unpaired) electrons. The molecule has 1 aromatic heterocycles. The summed E-state index contributed by atoms with van der Waals surface area (Å²) in [5.74, 6) is 0.219. The summed E-state index contributed by atoms with van der Waals surface area (Å²) in [7, 11) is 7.76. The summed E-state index contributed by atoms with van der Waals surface area (Å²) in [5.41, 5.74) is 2.55. The molecule has 0 aliphatic rings. The number of ether oxygens (including phenoxy) is 1. The van der Waals surface area contributed by atoms with Gasteiger partial charge in [-0.15, -0.1) is 0 Å². The van der Waals surface area contributed by atoms with Gasteiger partial charge in [-0.2, -0.15) is 0 Å². The molecule has 0 N–H and O–H groups in total. The minimum absolute atomic E-state index is 0.127. The Labute approximate surface area is 262 Å². The summed E-state index contributed by atoms with van der Waals surface area (Å²) >= 11 is 12.8. The zero-order valence-electron chi connectivity index (χ0n) is 25.5.